The average Bonchev–Trinajstić information content (AvgIpc) is 3.59. The maximum Gasteiger partial charge on any atom is 0.279 e. The summed E-state index contributed by atoms with van der Waals surface area (Å²) < 4.78 is 17.7. The molecule has 2 aliphatic rings. The number of nitrogens with two attached hydrogens (primary N) is 1. The molecule has 31 heavy (non-hydrogen) atoms. The predicted molar refractivity (Wildman–Crippen MR) is 122 cm³/mol. The maximum atomic E-state index is 7.46. The van der Waals surface area contributed by atoms with Crippen LogP contribution in [0, 0.1) is 11.3 Å². The van der Waals surface area contributed by atoms with Crippen LogP contribution in [0.2, 0.25) is 5.02 Å². The number of ether oxygens (including phenoxy) is 3. The lowest BCUT2D eigenvalue weighted by molar-refractivity contribution is 0.0385. The molecule has 0 amide bonds. The molecule has 0 saturated heterocycles. The summed E-state index contributed by atoms with van der Waals surface area (Å²) in [6.07, 6.45) is 9.03. The molecule has 1 fully saturated rings. The van der Waals surface area contributed by atoms with Gasteiger partial charge in [-0.05, 0) is 68.7 Å². The zero-order valence-corrected chi connectivity index (χ0v) is 18.6. The number of hydrogen-bond donors (Lipinski definition) is 2. The molecule has 1 aromatic heterocycles. The van der Waals surface area contributed by atoms with Crippen molar-refractivity contribution in [2.75, 3.05) is 13.2 Å². The van der Waals surface area contributed by atoms with Crippen molar-refractivity contribution >= 4 is 17.6 Å². The first-order valence-corrected chi connectivity index (χ1v) is 11.4. The summed E-state index contributed by atoms with van der Waals surface area (Å²) in [7, 11) is 0. The van der Waals surface area contributed by atoms with Crippen LogP contribution >= 0.6 is 11.6 Å². The van der Waals surface area contributed by atoms with Crippen molar-refractivity contribution in [2.45, 2.75) is 57.2 Å². The summed E-state index contributed by atoms with van der Waals surface area (Å²) in [6.45, 7) is 3.37. The number of aromatic nitrogens is 1. The summed E-state index contributed by atoms with van der Waals surface area (Å²) in [5.41, 5.74) is 8.48. The fraction of sp³-hybridized carbons (Fsp3) is 0.500. The summed E-state index contributed by atoms with van der Waals surface area (Å²) in [4.78, 5) is 4.19. The molecule has 4 rings (SSSR count). The topological polar surface area (TPSA) is 90.5 Å². The van der Waals surface area contributed by atoms with Gasteiger partial charge in [-0.2, -0.15) is 0 Å². The van der Waals surface area contributed by atoms with Crippen LogP contribution in [-0.4, -0.2) is 36.4 Å². The van der Waals surface area contributed by atoms with Crippen LogP contribution < -0.4 is 10.5 Å². The van der Waals surface area contributed by atoms with E-state index < -0.39 is 0 Å². The first-order chi connectivity index (χ1) is 15.0. The number of nitrogens with one attached hydrogen (secondary N) is 1. The van der Waals surface area contributed by atoms with Gasteiger partial charge in [-0.15, -0.1) is 0 Å². The molecule has 6 nitrogen and oxygen atoms in total. The van der Waals surface area contributed by atoms with E-state index in [2.05, 4.69) is 18.0 Å². The molecule has 2 aromatic rings. The third kappa shape index (κ3) is 6.11. The van der Waals surface area contributed by atoms with Crippen molar-refractivity contribution in [1.82, 2.24) is 4.98 Å². The van der Waals surface area contributed by atoms with Crippen molar-refractivity contribution in [3.63, 3.8) is 0 Å². The predicted octanol–water partition coefficient (Wildman–Crippen LogP) is 5.14. The molecule has 0 bridgehead atoms. The smallest absolute Gasteiger partial charge is 0.279 e. The van der Waals surface area contributed by atoms with Gasteiger partial charge in [0, 0.05) is 36.0 Å². The molecule has 1 saturated carbocycles. The molecule has 1 aliphatic carbocycles. The van der Waals surface area contributed by atoms with E-state index in [0.29, 0.717) is 11.6 Å². The Morgan fingerprint density at radius 3 is 2.84 bits per heavy atom. The normalized spacial score (nSPS) is 21.1. The third-order valence-electron chi connectivity index (χ3n) is 5.98. The van der Waals surface area contributed by atoms with Gasteiger partial charge in [0.05, 0.1) is 23.8 Å². The number of hydrogen-bond acceptors (Lipinski definition) is 5. The molecule has 0 radical (unpaired) electrons. The molecule has 1 aromatic carbocycles. The first-order valence-electron chi connectivity index (χ1n) is 11.0. The number of amidine groups is 1. The molecule has 3 atom stereocenters. The second-order valence-corrected chi connectivity index (χ2v) is 9.09. The second-order valence-electron chi connectivity index (χ2n) is 8.66. The van der Waals surface area contributed by atoms with Gasteiger partial charge < -0.3 is 19.9 Å². The number of halogens is 1. The number of pyridine rings is 1. The van der Waals surface area contributed by atoms with E-state index in [9.17, 15) is 0 Å². The Bertz CT molecular complexity index is 919. The molecule has 0 spiro atoms. The zero-order valence-electron chi connectivity index (χ0n) is 17.9. The average molecular weight is 444 g/mol. The fourth-order valence-electron chi connectivity index (χ4n) is 4.01. The lowest BCUT2D eigenvalue weighted by Crippen LogP contribution is -2.30. The molecular formula is C24H30ClN3O3. The standard InChI is InChI=1S/C24H30ClN3O3/c1-15(29-13-16-3-4-16)2-6-21-9-19(14-30-24(26)27)22-10-17(5-7-23(22)31-21)18-8-20(25)12-28-11-18/h5,7-8,10-12,15-16,19,21H,2-4,6,9,13-14H2,1H3,(H3,26,27)/t15-,19-,21-/m0/s1. The molecule has 166 valence electrons. The van der Waals surface area contributed by atoms with Crippen LogP contribution in [0.3, 0.4) is 0 Å². The lowest BCUT2D eigenvalue weighted by atomic mass is 9.87. The van der Waals surface area contributed by atoms with Crippen molar-refractivity contribution in [3.8, 4) is 16.9 Å². The van der Waals surface area contributed by atoms with E-state index >= 15 is 0 Å². The van der Waals surface area contributed by atoms with Gasteiger partial charge in [0.1, 0.15) is 5.75 Å². The third-order valence-corrected chi connectivity index (χ3v) is 6.18. The van der Waals surface area contributed by atoms with E-state index in [1.54, 1.807) is 12.4 Å². The van der Waals surface area contributed by atoms with E-state index in [1.807, 2.05) is 18.2 Å². The fourth-order valence-corrected chi connectivity index (χ4v) is 4.18. The minimum absolute atomic E-state index is 0.0821. The van der Waals surface area contributed by atoms with Crippen LogP contribution in [0.4, 0.5) is 0 Å². The van der Waals surface area contributed by atoms with Gasteiger partial charge >= 0.3 is 0 Å². The van der Waals surface area contributed by atoms with Gasteiger partial charge in [0.25, 0.3) is 6.02 Å². The van der Waals surface area contributed by atoms with Crippen LogP contribution in [0.25, 0.3) is 11.1 Å². The second kappa shape index (κ2) is 9.88. The van der Waals surface area contributed by atoms with Crippen LogP contribution in [-0.2, 0) is 9.47 Å². The number of nitrogens with zero attached hydrogens (tertiary/aromatic N) is 1. The molecule has 0 unspecified atom stereocenters. The largest absolute Gasteiger partial charge is 0.490 e. The first kappa shape index (κ1) is 21.9. The maximum absolute atomic E-state index is 7.46. The van der Waals surface area contributed by atoms with E-state index in [4.69, 9.17) is 37.0 Å². The number of fused-ring (bicyclic) bond motifs is 1. The Morgan fingerprint density at radius 2 is 2.10 bits per heavy atom. The van der Waals surface area contributed by atoms with Crippen molar-refractivity contribution in [1.29, 1.82) is 5.41 Å². The Labute approximate surface area is 188 Å². The highest BCUT2D eigenvalue weighted by Crippen LogP contribution is 2.40. The van der Waals surface area contributed by atoms with E-state index in [0.717, 1.165) is 54.2 Å². The van der Waals surface area contributed by atoms with Crippen LogP contribution in [0.15, 0.2) is 36.7 Å². The number of rotatable bonds is 9. The quantitative estimate of drug-likeness (QED) is 0.413. The minimum Gasteiger partial charge on any atom is -0.490 e. The van der Waals surface area contributed by atoms with E-state index in [1.165, 1.54) is 12.8 Å². The highest BCUT2D eigenvalue weighted by atomic mass is 35.5. The van der Waals surface area contributed by atoms with Gasteiger partial charge in [0.15, 0.2) is 0 Å². The summed E-state index contributed by atoms with van der Waals surface area (Å²) in [6, 6.07) is 7.77. The summed E-state index contributed by atoms with van der Waals surface area (Å²) >= 11 is 6.12. The van der Waals surface area contributed by atoms with Gasteiger partial charge in [-0.25, -0.2) is 0 Å². The Morgan fingerprint density at radius 1 is 1.26 bits per heavy atom. The van der Waals surface area contributed by atoms with Gasteiger partial charge in [-0.3, -0.25) is 10.4 Å². The zero-order chi connectivity index (χ0) is 21.8. The van der Waals surface area contributed by atoms with Crippen molar-refractivity contribution in [3.05, 3.63) is 47.2 Å². The van der Waals surface area contributed by atoms with Crippen LogP contribution in [0.1, 0.15) is 50.5 Å². The molecule has 3 N–H and O–H groups in total. The molecule has 7 heteroatoms. The SMILES string of the molecule is C[C@@H](CC[C@H]1C[C@@H](COC(=N)N)c2cc(-c3cncc(Cl)c3)ccc2O1)OCC1CC1. The highest BCUT2D eigenvalue weighted by molar-refractivity contribution is 6.30. The summed E-state index contributed by atoms with van der Waals surface area (Å²) in [5, 5.41) is 8.05. The van der Waals surface area contributed by atoms with Gasteiger partial charge in [-0.1, -0.05) is 17.7 Å². The Kier molecular flexibility index (Phi) is 6.98. The van der Waals surface area contributed by atoms with Crippen molar-refractivity contribution in [2.24, 2.45) is 11.7 Å². The Balaban J connectivity index is 1.47. The van der Waals surface area contributed by atoms with Gasteiger partial charge in [0.2, 0.25) is 0 Å². The van der Waals surface area contributed by atoms with E-state index in [-0.39, 0.29) is 24.1 Å². The highest BCUT2D eigenvalue weighted by Gasteiger charge is 2.30. The van der Waals surface area contributed by atoms with Crippen LogP contribution in [0.5, 0.6) is 5.75 Å². The molecular weight excluding hydrogens is 414 g/mol. The molecule has 1 aliphatic heterocycles. The molecule has 2 heterocycles. The Hall–Kier alpha value is -2.31. The minimum atomic E-state index is -0.262. The lowest BCUT2D eigenvalue weighted by Gasteiger charge is -2.33. The number of benzene rings is 1. The van der Waals surface area contributed by atoms with Crippen molar-refractivity contribution < 1.29 is 14.2 Å². The monoisotopic (exact) mass is 443 g/mol. The summed E-state index contributed by atoms with van der Waals surface area (Å²) in [5.74, 6) is 1.73.